The molecule has 0 rings (SSSR count). The van der Waals surface area contributed by atoms with E-state index >= 15 is 0 Å². The second-order valence-corrected chi connectivity index (χ2v) is 14.2. The first-order chi connectivity index (χ1) is 23.6. The van der Waals surface area contributed by atoms with E-state index in [2.05, 4.69) is 43.5 Å². The Morgan fingerprint density at radius 1 is 0.521 bits per heavy atom. The van der Waals surface area contributed by atoms with Crippen LogP contribution in [0.15, 0.2) is 36.5 Å². The number of amides is 1. The number of hydrogen-bond acceptors (Lipinski definition) is 4. The van der Waals surface area contributed by atoms with Gasteiger partial charge in [0, 0.05) is 0 Å². The Bertz CT molecular complexity index is 749. The second-order valence-electron chi connectivity index (χ2n) is 14.2. The van der Waals surface area contributed by atoms with E-state index < -0.39 is 24.2 Å². The summed E-state index contributed by atoms with van der Waals surface area (Å²) in [4.78, 5) is 12.4. The van der Waals surface area contributed by atoms with Crippen molar-refractivity contribution in [2.45, 2.75) is 225 Å². The predicted molar refractivity (Wildman–Crippen MR) is 208 cm³/mol. The molecule has 0 spiro atoms. The zero-order chi connectivity index (χ0) is 35.2. The zero-order valence-corrected chi connectivity index (χ0v) is 31.9. The Morgan fingerprint density at radius 2 is 0.896 bits per heavy atom. The summed E-state index contributed by atoms with van der Waals surface area (Å²) in [6.07, 6.45) is 47.3. The molecule has 0 saturated carbocycles. The fourth-order valence-electron chi connectivity index (χ4n) is 6.15. The van der Waals surface area contributed by atoms with E-state index in [-0.39, 0.29) is 6.61 Å². The summed E-state index contributed by atoms with van der Waals surface area (Å²) in [5.74, 6) is -0.512. The molecule has 0 aromatic carbocycles. The Balaban J connectivity index is 3.72. The minimum atomic E-state index is -1.11. The van der Waals surface area contributed by atoms with Crippen LogP contribution >= 0.6 is 0 Å². The zero-order valence-electron chi connectivity index (χ0n) is 31.9. The van der Waals surface area contributed by atoms with Gasteiger partial charge in [0.15, 0.2) is 0 Å². The first kappa shape index (κ1) is 46.6. The number of carbonyl (C=O) groups excluding carboxylic acids is 1. The van der Waals surface area contributed by atoms with Crippen molar-refractivity contribution < 1.29 is 20.1 Å². The molecule has 0 bridgehead atoms. The quantitative estimate of drug-likeness (QED) is 0.0390. The van der Waals surface area contributed by atoms with Gasteiger partial charge in [0.25, 0.3) is 0 Å². The van der Waals surface area contributed by atoms with Gasteiger partial charge in [-0.2, -0.15) is 0 Å². The molecular weight excluding hydrogens is 594 g/mol. The molecule has 0 aliphatic heterocycles. The van der Waals surface area contributed by atoms with Gasteiger partial charge in [-0.1, -0.05) is 192 Å². The third-order valence-corrected chi connectivity index (χ3v) is 9.48. The van der Waals surface area contributed by atoms with Gasteiger partial charge < -0.3 is 20.6 Å². The fourth-order valence-corrected chi connectivity index (χ4v) is 6.15. The second kappa shape index (κ2) is 38.4. The van der Waals surface area contributed by atoms with Crippen molar-refractivity contribution >= 4 is 5.91 Å². The number of aliphatic hydroxyl groups is 3. The molecule has 0 radical (unpaired) electrons. The highest BCUT2D eigenvalue weighted by atomic mass is 16.3. The van der Waals surface area contributed by atoms with Gasteiger partial charge in [-0.25, -0.2) is 0 Å². The van der Waals surface area contributed by atoms with Gasteiger partial charge >= 0.3 is 0 Å². The first-order valence-electron chi connectivity index (χ1n) is 20.8. The molecule has 0 heterocycles. The van der Waals surface area contributed by atoms with Crippen LogP contribution in [-0.4, -0.2) is 46.1 Å². The number of unbranched alkanes of at least 4 members (excludes halogenated alkanes) is 25. The van der Waals surface area contributed by atoms with Gasteiger partial charge in [-0.15, -0.1) is 0 Å². The minimum absolute atomic E-state index is 0.367. The van der Waals surface area contributed by atoms with Crippen molar-refractivity contribution in [2.75, 3.05) is 6.61 Å². The lowest BCUT2D eigenvalue weighted by molar-refractivity contribution is -0.131. The van der Waals surface area contributed by atoms with Crippen LogP contribution in [-0.2, 0) is 4.79 Å². The average Bonchev–Trinajstić information content (AvgIpc) is 3.09. The van der Waals surface area contributed by atoms with Crippen LogP contribution in [0.2, 0.25) is 0 Å². The summed E-state index contributed by atoms with van der Waals surface area (Å²) in [6, 6.07) is -0.801. The van der Waals surface area contributed by atoms with E-state index in [0.717, 1.165) is 44.9 Å². The lowest BCUT2D eigenvalue weighted by atomic mass is 10.0. The summed E-state index contributed by atoms with van der Waals surface area (Å²) < 4.78 is 0. The van der Waals surface area contributed by atoms with Gasteiger partial charge in [-0.05, 0) is 51.4 Å². The summed E-state index contributed by atoms with van der Waals surface area (Å²) in [6.45, 7) is 4.15. The van der Waals surface area contributed by atoms with Crippen molar-refractivity contribution in [1.29, 1.82) is 0 Å². The number of hydrogen-bond donors (Lipinski definition) is 4. The molecule has 48 heavy (non-hydrogen) atoms. The molecule has 3 unspecified atom stereocenters. The molecule has 0 aliphatic carbocycles. The van der Waals surface area contributed by atoms with Crippen LogP contribution < -0.4 is 5.32 Å². The highest BCUT2D eigenvalue weighted by Gasteiger charge is 2.22. The smallest absolute Gasteiger partial charge is 0.249 e. The Hall–Kier alpha value is -1.43. The van der Waals surface area contributed by atoms with Gasteiger partial charge in [0.1, 0.15) is 6.10 Å². The van der Waals surface area contributed by atoms with E-state index in [1.54, 1.807) is 6.08 Å². The number of nitrogens with one attached hydrogen (secondary N) is 1. The first-order valence-corrected chi connectivity index (χ1v) is 20.8. The number of carbonyl (C=O) groups is 1. The topological polar surface area (TPSA) is 89.8 Å². The number of aliphatic hydroxyl groups excluding tert-OH is 3. The van der Waals surface area contributed by atoms with Crippen LogP contribution in [0, 0.1) is 0 Å². The Kier molecular flexibility index (Phi) is 37.2. The molecule has 0 aromatic heterocycles. The maximum Gasteiger partial charge on any atom is 0.249 e. The molecule has 0 fully saturated rings. The Morgan fingerprint density at radius 3 is 1.35 bits per heavy atom. The third kappa shape index (κ3) is 33.1. The summed E-state index contributed by atoms with van der Waals surface area (Å²) in [7, 11) is 0. The highest BCUT2D eigenvalue weighted by Crippen LogP contribution is 2.15. The molecule has 0 aromatic rings. The lowest BCUT2D eigenvalue weighted by Crippen LogP contribution is -2.48. The summed E-state index contributed by atoms with van der Waals surface area (Å²) >= 11 is 0. The maximum absolute atomic E-state index is 12.4. The third-order valence-electron chi connectivity index (χ3n) is 9.48. The molecule has 1 amide bonds. The monoisotopic (exact) mass is 676 g/mol. The van der Waals surface area contributed by atoms with Crippen LogP contribution in [0.1, 0.15) is 206 Å². The van der Waals surface area contributed by atoms with Crippen LogP contribution in [0.3, 0.4) is 0 Å². The van der Waals surface area contributed by atoms with E-state index in [9.17, 15) is 20.1 Å². The highest BCUT2D eigenvalue weighted by molar-refractivity contribution is 5.80. The molecule has 0 aliphatic rings. The standard InChI is InChI=1S/C43H81NO4/c1-3-5-7-9-11-13-15-17-19-21-22-24-25-27-29-31-33-35-37-41(46)40(39-45)44-43(48)42(47)38-36-34-32-30-28-26-23-20-18-16-14-12-10-8-6-4-2/h12,14,18,20,35,37,40-42,45-47H,3-11,13,15-17,19,21-34,36,38-39H2,1-2H3,(H,44,48)/b14-12-,20-18-,37-35+. The predicted octanol–water partition coefficient (Wildman–Crippen LogP) is 11.6. The van der Waals surface area contributed by atoms with Crippen LogP contribution in [0.5, 0.6) is 0 Å². The maximum atomic E-state index is 12.4. The Labute approximate surface area is 298 Å². The SMILES string of the molecule is CCCCC/C=C\C/C=C\CCCCCCCCC(O)C(=O)NC(CO)C(O)/C=C/CCCCCCCCCCCCCCCCCC. The van der Waals surface area contributed by atoms with Crippen molar-refractivity contribution in [3.05, 3.63) is 36.5 Å². The van der Waals surface area contributed by atoms with E-state index in [4.69, 9.17) is 0 Å². The molecular formula is C43H81NO4. The average molecular weight is 676 g/mol. The van der Waals surface area contributed by atoms with Crippen molar-refractivity contribution in [2.24, 2.45) is 0 Å². The van der Waals surface area contributed by atoms with Gasteiger partial charge in [0.05, 0.1) is 18.8 Å². The molecule has 282 valence electrons. The van der Waals surface area contributed by atoms with Crippen LogP contribution in [0.4, 0.5) is 0 Å². The van der Waals surface area contributed by atoms with Gasteiger partial charge in [0.2, 0.25) is 5.91 Å². The molecule has 0 saturated heterocycles. The lowest BCUT2D eigenvalue weighted by Gasteiger charge is -2.21. The van der Waals surface area contributed by atoms with E-state index in [1.165, 1.54) is 141 Å². The van der Waals surface area contributed by atoms with Crippen molar-refractivity contribution in [3.63, 3.8) is 0 Å². The van der Waals surface area contributed by atoms with Crippen molar-refractivity contribution in [1.82, 2.24) is 5.32 Å². The van der Waals surface area contributed by atoms with E-state index in [1.807, 2.05) is 6.08 Å². The summed E-state index contributed by atoms with van der Waals surface area (Å²) in [5, 5.41) is 33.1. The van der Waals surface area contributed by atoms with Gasteiger partial charge in [-0.3, -0.25) is 4.79 Å². The number of allylic oxidation sites excluding steroid dienone is 5. The molecule has 3 atom stereocenters. The van der Waals surface area contributed by atoms with E-state index in [0.29, 0.717) is 6.42 Å². The number of rotatable bonds is 37. The molecule has 4 N–H and O–H groups in total. The largest absolute Gasteiger partial charge is 0.394 e. The van der Waals surface area contributed by atoms with Crippen molar-refractivity contribution in [3.8, 4) is 0 Å². The normalized spacial score (nSPS) is 14.0. The minimum Gasteiger partial charge on any atom is -0.394 e. The fraction of sp³-hybridized carbons (Fsp3) is 0.837. The van der Waals surface area contributed by atoms with Crippen LogP contribution in [0.25, 0.3) is 0 Å². The molecule has 5 heteroatoms. The summed E-state index contributed by atoms with van der Waals surface area (Å²) in [5.41, 5.74) is 0. The molecule has 5 nitrogen and oxygen atoms in total.